The van der Waals surface area contributed by atoms with E-state index in [0.717, 1.165) is 51.4 Å². The summed E-state index contributed by atoms with van der Waals surface area (Å²) in [6.45, 7) is 3.40. The molecule has 31 heavy (non-hydrogen) atoms. The Morgan fingerprint density at radius 3 is 2.58 bits per heavy atom. The molecule has 1 aliphatic rings. The van der Waals surface area contributed by atoms with E-state index in [1.165, 1.54) is 0 Å². The molecule has 0 atom stereocenters. The Kier molecular flexibility index (Phi) is 6.23. The van der Waals surface area contributed by atoms with Crippen molar-refractivity contribution in [3.05, 3.63) is 58.6 Å². The highest BCUT2D eigenvalue weighted by Crippen LogP contribution is 2.40. The second-order valence-corrected chi connectivity index (χ2v) is 9.34. The Labute approximate surface area is 185 Å². The highest BCUT2D eigenvalue weighted by atomic mass is 32.1. The summed E-state index contributed by atoms with van der Waals surface area (Å²) in [6, 6.07) is 14.0. The molecule has 162 valence electrons. The standard InChI is InChI=1S/C24H27N3O3S/c1-2-3-10-25-18-8-9-20-19(11-18)27-21(31-20)15-26-23(30)24(14-22(28)29)12-16-6-4-5-7-17(16)13-24/h4-9,11,25H,2-3,10,12-15H2,1H3,(H,26,30)(H,28,29). The number of anilines is 1. The third-order valence-corrected chi connectivity index (χ3v) is 6.88. The summed E-state index contributed by atoms with van der Waals surface area (Å²) in [5, 5.41) is 16.6. The van der Waals surface area contributed by atoms with Crippen LogP contribution in [0.4, 0.5) is 5.69 Å². The summed E-state index contributed by atoms with van der Waals surface area (Å²) in [4.78, 5) is 29.4. The maximum absolute atomic E-state index is 13.2. The van der Waals surface area contributed by atoms with E-state index < -0.39 is 11.4 Å². The lowest BCUT2D eigenvalue weighted by Crippen LogP contribution is -2.43. The summed E-state index contributed by atoms with van der Waals surface area (Å²) in [7, 11) is 0. The number of aliphatic carboxylic acids is 1. The largest absolute Gasteiger partial charge is 0.481 e. The number of nitrogens with one attached hydrogen (secondary N) is 2. The van der Waals surface area contributed by atoms with Crippen LogP contribution in [-0.2, 0) is 29.0 Å². The number of carbonyl (C=O) groups is 2. The Morgan fingerprint density at radius 1 is 1.16 bits per heavy atom. The second-order valence-electron chi connectivity index (χ2n) is 8.23. The minimum Gasteiger partial charge on any atom is -0.481 e. The highest BCUT2D eigenvalue weighted by molar-refractivity contribution is 7.18. The van der Waals surface area contributed by atoms with E-state index in [2.05, 4.69) is 28.6 Å². The molecule has 1 aliphatic carbocycles. The Balaban J connectivity index is 1.45. The van der Waals surface area contributed by atoms with E-state index in [1.54, 1.807) is 11.3 Å². The van der Waals surface area contributed by atoms with Crippen molar-refractivity contribution in [2.75, 3.05) is 11.9 Å². The summed E-state index contributed by atoms with van der Waals surface area (Å²) >= 11 is 1.55. The van der Waals surface area contributed by atoms with Gasteiger partial charge in [0.25, 0.3) is 0 Å². The number of hydrogen-bond donors (Lipinski definition) is 3. The van der Waals surface area contributed by atoms with E-state index in [0.29, 0.717) is 19.4 Å². The van der Waals surface area contributed by atoms with Crippen LogP contribution in [0.15, 0.2) is 42.5 Å². The molecule has 7 heteroatoms. The Hall–Kier alpha value is -2.93. The van der Waals surface area contributed by atoms with Gasteiger partial charge in [-0.05, 0) is 48.6 Å². The van der Waals surface area contributed by atoms with Crippen LogP contribution in [-0.4, -0.2) is 28.5 Å². The third-order valence-electron chi connectivity index (χ3n) is 5.84. The average molecular weight is 438 g/mol. The van der Waals surface area contributed by atoms with Gasteiger partial charge >= 0.3 is 5.97 Å². The number of carboxylic acid groups (broad SMARTS) is 1. The minimum absolute atomic E-state index is 0.180. The zero-order valence-corrected chi connectivity index (χ0v) is 18.4. The van der Waals surface area contributed by atoms with E-state index in [4.69, 9.17) is 0 Å². The van der Waals surface area contributed by atoms with Crippen molar-refractivity contribution in [1.29, 1.82) is 0 Å². The van der Waals surface area contributed by atoms with Crippen LogP contribution < -0.4 is 10.6 Å². The Bertz CT molecular complexity index is 1080. The molecule has 1 amide bonds. The maximum atomic E-state index is 13.2. The number of fused-ring (bicyclic) bond motifs is 2. The minimum atomic E-state index is -0.953. The van der Waals surface area contributed by atoms with Crippen LogP contribution in [0.3, 0.4) is 0 Å². The molecule has 3 N–H and O–H groups in total. The van der Waals surface area contributed by atoms with Gasteiger partial charge in [0.15, 0.2) is 0 Å². The molecule has 0 saturated carbocycles. The number of hydrogen-bond acceptors (Lipinski definition) is 5. The number of thiazole rings is 1. The zero-order chi connectivity index (χ0) is 21.8. The van der Waals surface area contributed by atoms with Gasteiger partial charge in [0.1, 0.15) is 5.01 Å². The van der Waals surface area contributed by atoms with Gasteiger partial charge in [-0.15, -0.1) is 11.3 Å². The second kappa shape index (κ2) is 9.06. The van der Waals surface area contributed by atoms with Gasteiger partial charge in [0, 0.05) is 12.2 Å². The van der Waals surface area contributed by atoms with Gasteiger partial charge in [-0.3, -0.25) is 9.59 Å². The molecule has 2 aromatic carbocycles. The number of benzene rings is 2. The summed E-state index contributed by atoms with van der Waals surface area (Å²) < 4.78 is 1.07. The molecular formula is C24H27N3O3S. The zero-order valence-electron chi connectivity index (χ0n) is 17.6. The Morgan fingerprint density at radius 2 is 1.90 bits per heavy atom. The number of amides is 1. The molecule has 0 spiro atoms. The van der Waals surface area contributed by atoms with Crippen LogP contribution >= 0.6 is 11.3 Å². The van der Waals surface area contributed by atoms with E-state index in [9.17, 15) is 14.7 Å². The molecule has 1 heterocycles. The summed E-state index contributed by atoms with van der Waals surface area (Å²) in [6.07, 6.45) is 2.99. The molecule has 0 saturated heterocycles. The quantitative estimate of drug-likeness (QED) is 0.432. The first-order valence-electron chi connectivity index (χ1n) is 10.7. The van der Waals surface area contributed by atoms with Gasteiger partial charge in [0.2, 0.25) is 5.91 Å². The molecule has 0 bridgehead atoms. The molecular weight excluding hydrogens is 410 g/mol. The van der Waals surface area contributed by atoms with Crippen molar-refractivity contribution in [2.24, 2.45) is 5.41 Å². The van der Waals surface area contributed by atoms with Crippen molar-refractivity contribution in [3.63, 3.8) is 0 Å². The molecule has 0 fully saturated rings. The summed E-state index contributed by atoms with van der Waals surface area (Å²) in [5.74, 6) is -1.17. The molecule has 4 rings (SSSR count). The number of nitrogens with zero attached hydrogens (tertiary/aromatic N) is 1. The van der Waals surface area contributed by atoms with Crippen molar-refractivity contribution in [2.45, 2.75) is 45.6 Å². The fourth-order valence-corrected chi connectivity index (χ4v) is 5.15. The molecule has 3 aromatic rings. The first-order valence-corrected chi connectivity index (χ1v) is 11.5. The van der Waals surface area contributed by atoms with Gasteiger partial charge in [-0.1, -0.05) is 37.6 Å². The van der Waals surface area contributed by atoms with Gasteiger partial charge < -0.3 is 15.7 Å². The first-order chi connectivity index (χ1) is 15.0. The fourth-order valence-electron chi connectivity index (χ4n) is 4.26. The van der Waals surface area contributed by atoms with Gasteiger partial charge in [0.05, 0.1) is 28.6 Å². The third kappa shape index (κ3) is 4.71. The van der Waals surface area contributed by atoms with Crippen molar-refractivity contribution >= 4 is 39.1 Å². The number of carboxylic acids is 1. The predicted octanol–water partition coefficient (Wildman–Crippen LogP) is 4.38. The van der Waals surface area contributed by atoms with E-state index >= 15 is 0 Å². The van der Waals surface area contributed by atoms with Gasteiger partial charge in [-0.2, -0.15) is 0 Å². The molecule has 0 unspecified atom stereocenters. The van der Waals surface area contributed by atoms with Crippen LogP contribution in [0.25, 0.3) is 10.2 Å². The van der Waals surface area contributed by atoms with Gasteiger partial charge in [-0.25, -0.2) is 4.98 Å². The SMILES string of the molecule is CCCCNc1ccc2sc(CNC(=O)C3(CC(=O)O)Cc4ccccc4C3)nc2c1. The molecule has 0 aliphatic heterocycles. The van der Waals surface area contributed by atoms with Crippen LogP contribution in [0, 0.1) is 5.41 Å². The molecule has 0 radical (unpaired) electrons. The number of aromatic nitrogens is 1. The topological polar surface area (TPSA) is 91.3 Å². The van der Waals surface area contributed by atoms with E-state index in [-0.39, 0.29) is 12.3 Å². The summed E-state index contributed by atoms with van der Waals surface area (Å²) in [5.41, 5.74) is 3.13. The molecule has 6 nitrogen and oxygen atoms in total. The van der Waals surface area contributed by atoms with Crippen molar-refractivity contribution < 1.29 is 14.7 Å². The van der Waals surface area contributed by atoms with Crippen LogP contribution in [0.2, 0.25) is 0 Å². The predicted molar refractivity (Wildman–Crippen MR) is 123 cm³/mol. The number of unbranched alkanes of at least 4 members (excludes halogenated alkanes) is 1. The highest BCUT2D eigenvalue weighted by Gasteiger charge is 2.45. The van der Waals surface area contributed by atoms with Crippen LogP contribution in [0.5, 0.6) is 0 Å². The lowest BCUT2D eigenvalue weighted by molar-refractivity contribution is -0.145. The fraction of sp³-hybridized carbons (Fsp3) is 0.375. The average Bonchev–Trinajstić information content (AvgIpc) is 3.32. The first kappa shape index (κ1) is 21.3. The molecule has 1 aromatic heterocycles. The lowest BCUT2D eigenvalue weighted by Gasteiger charge is -2.25. The van der Waals surface area contributed by atoms with Crippen LogP contribution in [0.1, 0.15) is 42.3 Å². The normalized spacial score (nSPS) is 14.4. The number of carbonyl (C=O) groups excluding carboxylic acids is 1. The number of rotatable bonds is 9. The van der Waals surface area contributed by atoms with Crippen molar-refractivity contribution in [1.82, 2.24) is 10.3 Å². The smallest absolute Gasteiger partial charge is 0.304 e. The van der Waals surface area contributed by atoms with Crippen molar-refractivity contribution in [3.8, 4) is 0 Å². The lowest BCUT2D eigenvalue weighted by atomic mass is 9.80. The monoisotopic (exact) mass is 437 g/mol. The van der Waals surface area contributed by atoms with E-state index in [1.807, 2.05) is 36.4 Å². The maximum Gasteiger partial charge on any atom is 0.304 e.